The van der Waals surface area contributed by atoms with Crippen molar-refractivity contribution in [2.45, 2.75) is 57.8 Å². The molecule has 1 aliphatic carbocycles. The van der Waals surface area contributed by atoms with Crippen LogP contribution < -0.4 is 5.73 Å². The molecule has 0 saturated heterocycles. The van der Waals surface area contributed by atoms with Crippen LogP contribution in [-0.4, -0.2) is 12.1 Å². The highest BCUT2D eigenvalue weighted by Gasteiger charge is 2.28. The van der Waals surface area contributed by atoms with E-state index >= 15 is 0 Å². The van der Waals surface area contributed by atoms with Gasteiger partial charge in [-0.2, -0.15) is 0 Å². The van der Waals surface area contributed by atoms with Crippen LogP contribution in [0.15, 0.2) is 30.3 Å². The number of rotatable bonds is 5. The number of ether oxygens (including phenoxy) is 1. The van der Waals surface area contributed by atoms with Gasteiger partial charge in [0, 0.05) is 6.04 Å². The molecule has 3 atom stereocenters. The molecular weight excluding hydrogens is 222 g/mol. The lowest BCUT2D eigenvalue weighted by Gasteiger charge is -2.34. The van der Waals surface area contributed by atoms with Crippen molar-refractivity contribution < 1.29 is 4.74 Å². The van der Waals surface area contributed by atoms with Crippen molar-refractivity contribution in [1.29, 1.82) is 0 Å². The molecular formula is C16H25NO. The lowest BCUT2D eigenvalue weighted by molar-refractivity contribution is -0.0117. The molecule has 1 aromatic carbocycles. The van der Waals surface area contributed by atoms with Gasteiger partial charge >= 0.3 is 0 Å². The van der Waals surface area contributed by atoms with Gasteiger partial charge in [0.2, 0.25) is 0 Å². The van der Waals surface area contributed by atoms with Gasteiger partial charge in [-0.1, -0.05) is 50.1 Å². The van der Waals surface area contributed by atoms with E-state index in [0.29, 0.717) is 6.61 Å². The largest absolute Gasteiger partial charge is 0.372 e. The van der Waals surface area contributed by atoms with Gasteiger partial charge in [-0.05, 0) is 30.7 Å². The topological polar surface area (TPSA) is 35.2 Å². The second kappa shape index (κ2) is 6.91. The molecule has 0 spiro atoms. The molecule has 2 heteroatoms. The summed E-state index contributed by atoms with van der Waals surface area (Å²) in [5.41, 5.74) is 7.41. The third-order valence-electron chi connectivity index (χ3n) is 3.96. The lowest BCUT2D eigenvalue weighted by atomic mass is 9.82. The zero-order valence-electron chi connectivity index (χ0n) is 11.3. The molecule has 0 heterocycles. The number of benzene rings is 1. The number of hydrogen-bond donors (Lipinski definition) is 1. The minimum Gasteiger partial charge on any atom is -0.372 e. The van der Waals surface area contributed by atoms with Crippen molar-refractivity contribution in [2.24, 2.45) is 11.7 Å². The maximum Gasteiger partial charge on any atom is 0.0733 e. The van der Waals surface area contributed by atoms with Crippen molar-refractivity contribution >= 4 is 0 Å². The number of nitrogens with two attached hydrogens (primary N) is 1. The lowest BCUT2D eigenvalue weighted by Crippen LogP contribution is -2.42. The van der Waals surface area contributed by atoms with Gasteiger partial charge in [-0.15, -0.1) is 0 Å². The van der Waals surface area contributed by atoms with E-state index in [-0.39, 0.29) is 12.1 Å². The molecule has 1 fully saturated rings. The summed E-state index contributed by atoms with van der Waals surface area (Å²) in [7, 11) is 0. The van der Waals surface area contributed by atoms with E-state index in [1.807, 2.05) is 6.07 Å². The molecule has 1 aromatic rings. The summed E-state index contributed by atoms with van der Waals surface area (Å²) in [5.74, 6) is 0.815. The smallest absolute Gasteiger partial charge is 0.0733 e. The van der Waals surface area contributed by atoms with Crippen LogP contribution in [-0.2, 0) is 11.3 Å². The van der Waals surface area contributed by atoms with Gasteiger partial charge < -0.3 is 10.5 Å². The highest BCUT2D eigenvalue weighted by Crippen LogP contribution is 2.29. The number of hydrogen-bond acceptors (Lipinski definition) is 2. The first-order chi connectivity index (χ1) is 8.79. The average molecular weight is 247 g/mol. The Kier molecular flexibility index (Phi) is 5.21. The highest BCUT2D eigenvalue weighted by atomic mass is 16.5. The summed E-state index contributed by atoms with van der Waals surface area (Å²) in [5, 5.41) is 0. The SMILES string of the molecule is CCCC1CCC(N)C(OCc2ccccc2)C1. The van der Waals surface area contributed by atoms with Gasteiger partial charge in [-0.3, -0.25) is 0 Å². The molecule has 100 valence electrons. The fourth-order valence-corrected chi connectivity index (χ4v) is 2.87. The zero-order chi connectivity index (χ0) is 12.8. The van der Waals surface area contributed by atoms with E-state index in [1.54, 1.807) is 0 Å². The zero-order valence-corrected chi connectivity index (χ0v) is 11.3. The Hall–Kier alpha value is -0.860. The first-order valence-electron chi connectivity index (χ1n) is 7.20. The van der Waals surface area contributed by atoms with Crippen molar-refractivity contribution in [3.8, 4) is 0 Å². The average Bonchev–Trinajstić information content (AvgIpc) is 2.41. The quantitative estimate of drug-likeness (QED) is 0.864. The first-order valence-corrected chi connectivity index (χ1v) is 7.20. The van der Waals surface area contributed by atoms with Crippen LogP contribution in [0.3, 0.4) is 0 Å². The molecule has 2 N–H and O–H groups in total. The van der Waals surface area contributed by atoms with Crippen LogP contribution in [0, 0.1) is 5.92 Å². The van der Waals surface area contributed by atoms with Crippen molar-refractivity contribution in [3.05, 3.63) is 35.9 Å². The monoisotopic (exact) mass is 247 g/mol. The van der Waals surface area contributed by atoms with E-state index in [0.717, 1.165) is 18.8 Å². The summed E-state index contributed by atoms with van der Waals surface area (Å²) in [6.45, 7) is 2.95. The van der Waals surface area contributed by atoms with Crippen LogP contribution in [0.2, 0.25) is 0 Å². The minimum atomic E-state index is 0.224. The van der Waals surface area contributed by atoms with E-state index < -0.39 is 0 Å². The molecule has 0 bridgehead atoms. The summed E-state index contributed by atoms with van der Waals surface area (Å²) >= 11 is 0. The van der Waals surface area contributed by atoms with Crippen LogP contribution >= 0.6 is 0 Å². The predicted octanol–water partition coefficient (Wildman–Crippen LogP) is 3.50. The minimum absolute atomic E-state index is 0.224. The van der Waals surface area contributed by atoms with Gasteiger partial charge in [0.15, 0.2) is 0 Å². The van der Waals surface area contributed by atoms with E-state index in [4.69, 9.17) is 10.5 Å². The molecule has 0 amide bonds. The van der Waals surface area contributed by atoms with Crippen molar-refractivity contribution in [1.82, 2.24) is 0 Å². The normalized spacial score (nSPS) is 28.2. The Morgan fingerprint density at radius 1 is 1.22 bits per heavy atom. The molecule has 0 aliphatic heterocycles. The van der Waals surface area contributed by atoms with E-state index in [9.17, 15) is 0 Å². The van der Waals surface area contributed by atoms with Crippen LogP contribution in [0.4, 0.5) is 0 Å². The standard InChI is InChI=1S/C16H25NO/c1-2-6-13-9-10-15(17)16(11-13)18-12-14-7-4-3-5-8-14/h3-5,7-8,13,15-16H,2,6,9-12,17H2,1H3. The first kappa shape index (κ1) is 13.6. The molecule has 0 aromatic heterocycles. The predicted molar refractivity (Wildman–Crippen MR) is 75.2 cm³/mol. The van der Waals surface area contributed by atoms with Crippen LogP contribution in [0.1, 0.15) is 44.6 Å². The second-order valence-electron chi connectivity index (χ2n) is 5.47. The van der Waals surface area contributed by atoms with Crippen molar-refractivity contribution in [3.63, 3.8) is 0 Å². The summed E-state index contributed by atoms with van der Waals surface area (Å²) in [4.78, 5) is 0. The Morgan fingerprint density at radius 2 is 2.00 bits per heavy atom. The molecule has 2 nitrogen and oxygen atoms in total. The summed E-state index contributed by atoms with van der Waals surface area (Å²) in [6, 6.07) is 10.6. The fourth-order valence-electron chi connectivity index (χ4n) is 2.87. The Bertz CT molecular complexity index is 338. The molecule has 18 heavy (non-hydrogen) atoms. The molecule has 2 rings (SSSR count). The molecule has 0 radical (unpaired) electrons. The fraction of sp³-hybridized carbons (Fsp3) is 0.625. The molecule has 1 aliphatic rings. The van der Waals surface area contributed by atoms with Gasteiger partial charge in [0.25, 0.3) is 0 Å². The van der Waals surface area contributed by atoms with Gasteiger partial charge in [0.05, 0.1) is 12.7 Å². The second-order valence-corrected chi connectivity index (χ2v) is 5.47. The summed E-state index contributed by atoms with van der Waals surface area (Å²) < 4.78 is 6.03. The van der Waals surface area contributed by atoms with Gasteiger partial charge in [0.1, 0.15) is 0 Å². The maximum atomic E-state index is 6.18. The van der Waals surface area contributed by atoms with Crippen LogP contribution in [0.5, 0.6) is 0 Å². The van der Waals surface area contributed by atoms with E-state index in [2.05, 4.69) is 31.2 Å². The maximum absolute atomic E-state index is 6.18. The Morgan fingerprint density at radius 3 is 2.72 bits per heavy atom. The molecule has 3 unspecified atom stereocenters. The van der Waals surface area contributed by atoms with E-state index in [1.165, 1.54) is 24.8 Å². The third-order valence-corrected chi connectivity index (χ3v) is 3.96. The Labute approximate surface area is 111 Å². The molecule has 1 saturated carbocycles. The van der Waals surface area contributed by atoms with Crippen molar-refractivity contribution in [2.75, 3.05) is 0 Å². The van der Waals surface area contributed by atoms with Gasteiger partial charge in [-0.25, -0.2) is 0 Å². The Balaban J connectivity index is 1.83. The highest BCUT2D eigenvalue weighted by molar-refractivity contribution is 5.13. The van der Waals surface area contributed by atoms with Crippen LogP contribution in [0.25, 0.3) is 0 Å². The summed E-state index contributed by atoms with van der Waals surface area (Å²) in [6.07, 6.45) is 6.37. The third kappa shape index (κ3) is 3.82.